The van der Waals surface area contributed by atoms with Gasteiger partial charge in [0.25, 0.3) is 0 Å². The molecule has 1 fully saturated rings. The molecule has 1 rings (SSSR count). The van der Waals surface area contributed by atoms with Crippen LogP contribution < -0.4 is 10.6 Å². The zero-order valence-electron chi connectivity index (χ0n) is 9.88. The van der Waals surface area contributed by atoms with Crippen LogP contribution in [-0.2, 0) is 0 Å². The highest BCUT2D eigenvalue weighted by atomic mass is 16.2. The number of likely N-dealkylation sites (tertiary alicyclic amines) is 1. The molecule has 1 aliphatic heterocycles. The zero-order chi connectivity index (χ0) is 11.1. The molecule has 88 valence electrons. The van der Waals surface area contributed by atoms with Gasteiger partial charge in [0, 0.05) is 19.6 Å². The van der Waals surface area contributed by atoms with E-state index in [4.69, 9.17) is 0 Å². The fourth-order valence-corrected chi connectivity index (χ4v) is 2.05. The number of piperidine rings is 1. The molecule has 0 saturated carbocycles. The third kappa shape index (κ3) is 4.08. The van der Waals surface area contributed by atoms with E-state index >= 15 is 0 Å². The molecule has 4 heteroatoms. The smallest absolute Gasteiger partial charge is 0.317 e. The van der Waals surface area contributed by atoms with Crippen LogP contribution in [-0.4, -0.2) is 44.2 Å². The first-order chi connectivity index (χ1) is 7.27. The molecule has 0 aromatic carbocycles. The van der Waals surface area contributed by atoms with Crippen LogP contribution in [0.2, 0.25) is 0 Å². The first kappa shape index (κ1) is 12.3. The Morgan fingerprint density at radius 2 is 2.33 bits per heavy atom. The van der Waals surface area contributed by atoms with Gasteiger partial charge in [-0.25, -0.2) is 4.79 Å². The lowest BCUT2D eigenvalue weighted by molar-refractivity contribution is 0.165. The largest absolute Gasteiger partial charge is 0.338 e. The topological polar surface area (TPSA) is 44.4 Å². The standard InChI is InChI=1S/C11H23N3O/c1-3-6-13-11(15)14-7-4-5-10(9-14)8-12-2/h10,12H,3-9H2,1-2H3,(H,13,15). The minimum Gasteiger partial charge on any atom is -0.338 e. The molecule has 0 aliphatic carbocycles. The number of nitrogens with zero attached hydrogens (tertiary/aromatic N) is 1. The van der Waals surface area contributed by atoms with Gasteiger partial charge >= 0.3 is 6.03 Å². The fourth-order valence-electron chi connectivity index (χ4n) is 2.05. The van der Waals surface area contributed by atoms with Crippen molar-refractivity contribution in [2.45, 2.75) is 26.2 Å². The van der Waals surface area contributed by atoms with Crippen LogP contribution in [0.5, 0.6) is 0 Å². The molecule has 2 amide bonds. The molecule has 2 N–H and O–H groups in total. The summed E-state index contributed by atoms with van der Waals surface area (Å²) >= 11 is 0. The first-order valence-corrected chi connectivity index (χ1v) is 5.95. The molecule has 1 aliphatic rings. The van der Waals surface area contributed by atoms with Crippen molar-refractivity contribution in [3.63, 3.8) is 0 Å². The monoisotopic (exact) mass is 213 g/mol. The second-order valence-electron chi connectivity index (χ2n) is 4.24. The predicted molar refractivity (Wildman–Crippen MR) is 61.9 cm³/mol. The zero-order valence-corrected chi connectivity index (χ0v) is 9.88. The van der Waals surface area contributed by atoms with Crippen molar-refractivity contribution in [3.05, 3.63) is 0 Å². The van der Waals surface area contributed by atoms with Crippen LogP contribution in [0.15, 0.2) is 0 Å². The highest BCUT2D eigenvalue weighted by Gasteiger charge is 2.22. The molecule has 0 aromatic heterocycles. The number of urea groups is 1. The Hall–Kier alpha value is -0.770. The van der Waals surface area contributed by atoms with Crippen LogP contribution in [0, 0.1) is 5.92 Å². The van der Waals surface area contributed by atoms with Crippen molar-refractivity contribution < 1.29 is 4.79 Å². The van der Waals surface area contributed by atoms with E-state index in [1.165, 1.54) is 6.42 Å². The van der Waals surface area contributed by atoms with Gasteiger partial charge in [-0.3, -0.25) is 0 Å². The van der Waals surface area contributed by atoms with Crippen molar-refractivity contribution in [1.29, 1.82) is 0 Å². The Bertz CT molecular complexity index is 194. The van der Waals surface area contributed by atoms with Gasteiger partial charge < -0.3 is 15.5 Å². The van der Waals surface area contributed by atoms with Crippen molar-refractivity contribution in [3.8, 4) is 0 Å². The van der Waals surface area contributed by atoms with Crippen LogP contribution >= 0.6 is 0 Å². The summed E-state index contributed by atoms with van der Waals surface area (Å²) in [6.07, 6.45) is 3.36. The summed E-state index contributed by atoms with van der Waals surface area (Å²) in [6, 6.07) is 0.109. The first-order valence-electron chi connectivity index (χ1n) is 5.95. The SMILES string of the molecule is CCCNC(=O)N1CCCC(CNC)C1. The number of hydrogen-bond donors (Lipinski definition) is 2. The Morgan fingerprint density at radius 3 is 3.00 bits per heavy atom. The maximum atomic E-state index is 11.7. The van der Waals surface area contributed by atoms with E-state index < -0.39 is 0 Å². The summed E-state index contributed by atoms with van der Waals surface area (Å²) < 4.78 is 0. The van der Waals surface area contributed by atoms with Gasteiger partial charge in [0.1, 0.15) is 0 Å². The number of hydrogen-bond acceptors (Lipinski definition) is 2. The third-order valence-corrected chi connectivity index (χ3v) is 2.83. The average Bonchev–Trinajstić information content (AvgIpc) is 2.27. The molecular weight excluding hydrogens is 190 g/mol. The van der Waals surface area contributed by atoms with Crippen molar-refractivity contribution in [2.75, 3.05) is 33.2 Å². The molecule has 0 radical (unpaired) electrons. The molecule has 1 saturated heterocycles. The average molecular weight is 213 g/mol. The molecular formula is C11H23N3O. The van der Waals surface area contributed by atoms with E-state index in [-0.39, 0.29) is 6.03 Å². The van der Waals surface area contributed by atoms with Gasteiger partial charge in [-0.1, -0.05) is 6.92 Å². The highest BCUT2D eigenvalue weighted by Crippen LogP contribution is 2.15. The summed E-state index contributed by atoms with van der Waals surface area (Å²) in [6.45, 7) is 5.68. The number of carbonyl (C=O) groups is 1. The van der Waals surface area contributed by atoms with Gasteiger partial charge in [-0.05, 0) is 38.8 Å². The summed E-state index contributed by atoms with van der Waals surface area (Å²) in [7, 11) is 1.97. The molecule has 0 spiro atoms. The van der Waals surface area contributed by atoms with Crippen LogP contribution in [0.4, 0.5) is 4.79 Å². The predicted octanol–water partition coefficient (Wildman–Crippen LogP) is 1.04. The normalized spacial score (nSPS) is 21.5. The minimum absolute atomic E-state index is 0.109. The lowest BCUT2D eigenvalue weighted by Gasteiger charge is -2.32. The molecule has 0 aromatic rings. The summed E-state index contributed by atoms with van der Waals surface area (Å²) in [5.74, 6) is 0.621. The molecule has 1 unspecified atom stereocenters. The second kappa shape index (κ2) is 6.67. The molecule has 1 atom stereocenters. The molecule has 4 nitrogen and oxygen atoms in total. The van der Waals surface area contributed by atoms with E-state index in [2.05, 4.69) is 17.6 Å². The molecule has 15 heavy (non-hydrogen) atoms. The maximum Gasteiger partial charge on any atom is 0.317 e. The number of carbonyl (C=O) groups excluding carboxylic acids is 1. The van der Waals surface area contributed by atoms with Gasteiger partial charge in [-0.2, -0.15) is 0 Å². The van der Waals surface area contributed by atoms with Gasteiger partial charge in [0.05, 0.1) is 0 Å². The number of nitrogens with one attached hydrogen (secondary N) is 2. The Labute approximate surface area is 92.4 Å². The Morgan fingerprint density at radius 1 is 1.53 bits per heavy atom. The van der Waals surface area contributed by atoms with Crippen molar-refractivity contribution in [1.82, 2.24) is 15.5 Å². The van der Waals surface area contributed by atoms with E-state index in [1.807, 2.05) is 11.9 Å². The van der Waals surface area contributed by atoms with Gasteiger partial charge in [0.2, 0.25) is 0 Å². The van der Waals surface area contributed by atoms with E-state index in [0.29, 0.717) is 5.92 Å². The van der Waals surface area contributed by atoms with E-state index in [0.717, 1.165) is 39.0 Å². The Balaban J connectivity index is 2.31. The van der Waals surface area contributed by atoms with E-state index in [9.17, 15) is 4.79 Å². The lowest BCUT2D eigenvalue weighted by Crippen LogP contribution is -2.47. The fraction of sp³-hybridized carbons (Fsp3) is 0.909. The number of amides is 2. The lowest BCUT2D eigenvalue weighted by atomic mass is 9.98. The quantitative estimate of drug-likeness (QED) is 0.733. The van der Waals surface area contributed by atoms with Crippen molar-refractivity contribution in [2.24, 2.45) is 5.92 Å². The molecule has 1 heterocycles. The highest BCUT2D eigenvalue weighted by molar-refractivity contribution is 5.74. The molecule has 0 bridgehead atoms. The van der Waals surface area contributed by atoms with Crippen LogP contribution in [0.25, 0.3) is 0 Å². The number of rotatable bonds is 4. The minimum atomic E-state index is 0.109. The summed E-state index contributed by atoms with van der Waals surface area (Å²) in [5.41, 5.74) is 0. The summed E-state index contributed by atoms with van der Waals surface area (Å²) in [5, 5.41) is 6.11. The third-order valence-electron chi connectivity index (χ3n) is 2.83. The van der Waals surface area contributed by atoms with Gasteiger partial charge in [-0.15, -0.1) is 0 Å². The summed E-state index contributed by atoms with van der Waals surface area (Å²) in [4.78, 5) is 13.6. The van der Waals surface area contributed by atoms with Crippen LogP contribution in [0.3, 0.4) is 0 Å². The van der Waals surface area contributed by atoms with Gasteiger partial charge in [0.15, 0.2) is 0 Å². The Kier molecular flexibility index (Phi) is 5.47. The van der Waals surface area contributed by atoms with Crippen LogP contribution in [0.1, 0.15) is 26.2 Å². The van der Waals surface area contributed by atoms with E-state index in [1.54, 1.807) is 0 Å². The maximum absolute atomic E-state index is 11.7. The van der Waals surface area contributed by atoms with Crippen molar-refractivity contribution >= 4 is 6.03 Å². The second-order valence-corrected chi connectivity index (χ2v) is 4.24.